The maximum Gasteiger partial charge on any atom is 0.206 e. The molecule has 0 saturated heterocycles. The van der Waals surface area contributed by atoms with Gasteiger partial charge in [-0.2, -0.15) is 0 Å². The molecular formula is C7H5N4O. The van der Waals surface area contributed by atoms with Crippen molar-refractivity contribution in [2.24, 2.45) is 0 Å². The minimum Gasteiger partial charge on any atom is -0.329 e. The molecule has 0 unspecified atom stereocenters. The Bertz CT molecular complexity index is 408. The second-order valence-electron chi connectivity index (χ2n) is 2.24. The van der Waals surface area contributed by atoms with Gasteiger partial charge in [-0.15, -0.1) is 0 Å². The third kappa shape index (κ3) is 1.05. The van der Waals surface area contributed by atoms with Crippen molar-refractivity contribution in [3.63, 3.8) is 0 Å². The first-order chi connectivity index (χ1) is 5.90. The molecule has 2 heterocycles. The van der Waals surface area contributed by atoms with Gasteiger partial charge in [0.05, 0.1) is 18.9 Å². The number of nitrogens with zero attached hydrogens (tertiary/aromatic N) is 3. The first-order valence-corrected chi connectivity index (χ1v) is 3.40. The first kappa shape index (κ1) is 6.90. The Hall–Kier alpha value is -1.78. The lowest BCUT2D eigenvalue weighted by molar-refractivity contribution is 0.554. The number of carbonyl (C=O) groups excluding carboxylic acids is 1. The number of imidazole rings is 1. The molecule has 0 atom stereocenters. The fraction of sp³-hybridized carbons (Fsp3) is 0.143. The highest BCUT2D eigenvalue weighted by atomic mass is 16.1. The Balaban J connectivity index is 2.52. The van der Waals surface area contributed by atoms with Crippen LogP contribution in [-0.4, -0.2) is 26.2 Å². The standard InChI is InChI=1S/C7H5N4O/c12-2-1-6-8-3-5-7(11-6)10-4-9-5/h3-4H,1H2,(H,8,9,10,11). The third-order valence-corrected chi connectivity index (χ3v) is 1.45. The molecule has 59 valence electrons. The predicted molar refractivity (Wildman–Crippen MR) is 41.1 cm³/mol. The molecule has 5 nitrogen and oxygen atoms in total. The Morgan fingerprint density at radius 2 is 2.42 bits per heavy atom. The molecule has 0 bridgehead atoms. The van der Waals surface area contributed by atoms with Crippen molar-refractivity contribution in [2.75, 3.05) is 0 Å². The summed E-state index contributed by atoms with van der Waals surface area (Å²) >= 11 is 0. The van der Waals surface area contributed by atoms with Crippen molar-refractivity contribution in [1.29, 1.82) is 0 Å². The quantitative estimate of drug-likeness (QED) is 0.673. The molecule has 5 heteroatoms. The number of nitrogens with one attached hydrogen (secondary N) is 1. The molecule has 0 saturated carbocycles. The molecule has 2 aromatic heterocycles. The minimum absolute atomic E-state index is 0.120. The average Bonchev–Trinajstić information content (AvgIpc) is 2.51. The van der Waals surface area contributed by atoms with E-state index in [1.807, 2.05) is 0 Å². The summed E-state index contributed by atoms with van der Waals surface area (Å²) < 4.78 is 0. The van der Waals surface area contributed by atoms with Gasteiger partial charge in [0.1, 0.15) is 11.3 Å². The maximum atomic E-state index is 10.0. The van der Waals surface area contributed by atoms with E-state index in [1.165, 1.54) is 6.33 Å². The largest absolute Gasteiger partial charge is 0.329 e. The molecule has 1 N–H and O–H groups in total. The van der Waals surface area contributed by atoms with Crippen LogP contribution in [0.4, 0.5) is 0 Å². The van der Waals surface area contributed by atoms with E-state index in [4.69, 9.17) is 0 Å². The van der Waals surface area contributed by atoms with Gasteiger partial charge in [0.2, 0.25) is 6.29 Å². The van der Waals surface area contributed by atoms with E-state index in [2.05, 4.69) is 19.9 Å². The van der Waals surface area contributed by atoms with E-state index in [-0.39, 0.29) is 6.42 Å². The van der Waals surface area contributed by atoms with E-state index in [0.717, 1.165) is 0 Å². The van der Waals surface area contributed by atoms with Crippen molar-refractivity contribution in [3.8, 4) is 0 Å². The van der Waals surface area contributed by atoms with E-state index in [1.54, 1.807) is 12.5 Å². The van der Waals surface area contributed by atoms with Crippen LogP contribution in [0.1, 0.15) is 5.82 Å². The summed E-state index contributed by atoms with van der Waals surface area (Å²) in [6.07, 6.45) is 4.96. The fourth-order valence-electron chi connectivity index (χ4n) is 0.925. The lowest BCUT2D eigenvalue weighted by atomic mass is 10.4. The zero-order valence-electron chi connectivity index (χ0n) is 6.11. The summed E-state index contributed by atoms with van der Waals surface area (Å²) in [6.45, 7) is 0. The van der Waals surface area contributed by atoms with Gasteiger partial charge in [-0.05, 0) is 0 Å². The molecular weight excluding hydrogens is 156 g/mol. The minimum atomic E-state index is 0.120. The van der Waals surface area contributed by atoms with E-state index < -0.39 is 0 Å². The summed E-state index contributed by atoms with van der Waals surface area (Å²) in [6, 6.07) is 0. The molecule has 0 aliphatic rings. The van der Waals surface area contributed by atoms with Crippen molar-refractivity contribution in [1.82, 2.24) is 19.9 Å². The van der Waals surface area contributed by atoms with Crippen LogP contribution in [0, 0.1) is 0 Å². The predicted octanol–water partition coefficient (Wildman–Crippen LogP) is 0.00510. The maximum absolute atomic E-state index is 10.0. The molecule has 0 amide bonds. The number of aromatic nitrogens is 4. The van der Waals surface area contributed by atoms with Gasteiger partial charge in [-0.3, -0.25) is 4.79 Å². The van der Waals surface area contributed by atoms with Crippen molar-refractivity contribution < 1.29 is 4.79 Å². The number of hydrogen-bond acceptors (Lipinski definition) is 4. The van der Waals surface area contributed by atoms with Gasteiger partial charge in [0.25, 0.3) is 0 Å². The smallest absolute Gasteiger partial charge is 0.206 e. The summed E-state index contributed by atoms with van der Waals surface area (Å²) in [4.78, 5) is 24.7. The average molecular weight is 161 g/mol. The van der Waals surface area contributed by atoms with Crippen molar-refractivity contribution in [2.45, 2.75) is 6.42 Å². The molecule has 1 radical (unpaired) electrons. The van der Waals surface area contributed by atoms with Crippen LogP contribution in [0.25, 0.3) is 11.2 Å². The second-order valence-corrected chi connectivity index (χ2v) is 2.24. The summed E-state index contributed by atoms with van der Waals surface area (Å²) in [5.41, 5.74) is 1.35. The van der Waals surface area contributed by atoms with E-state index in [9.17, 15) is 4.79 Å². The zero-order chi connectivity index (χ0) is 8.39. The Morgan fingerprint density at radius 3 is 3.25 bits per heavy atom. The van der Waals surface area contributed by atoms with Gasteiger partial charge in [-0.1, -0.05) is 0 Å². The van der Waals surface area contributed by atoms with Crippen LogP contribution < -0.4 is 0 Å². The topological polar surface area (TPSA) is 71.5 Å². The molecule has 12 heavy (non-hydrogen) atoms. The molecule has 0 spiro atoms. The van der Waals surface area contributed by atoms with E-state index in [0.29, 0.717) is 17.0 Å². The number of hydrogen-bond donors (Lipinski definition) is 1. The normalized spacial score (nSPS) is 10.3. The first-order valence-electron chi connectivity index (χ1n) is 3.40. The molecule has 0 fully saturated rings. The highest BCUT2D eigenvalue weighted by Crippen LogP contribution is 2.03. The second kappa shape index (κ2) is 2.69. The van der Waals surface area contributed by atoms with Crippen molar-refractivity contribution in [3.05, 3.63) is 18.3 Å². The SMILES string of the molecule is O=[C]Cc1ncc2nc[nH]c2n1. The highest BCUT2D eigenvalue weighted by Gasteiger charge is 2.00. The highest BCUT2D eigenvalue weighted by molar-refractivity contribution is 5.68. The fourth-order valence-corrected chi connectivity index (χ4v) is 0.925. The Morgan fingerprint density at radius 1 is 1.50 bits per heavy atom. The molecule has 0 aliphatic carbocycles. The lowest BCUT2D eigenvalue weighted by Gasteiger charge is -1.91. The zero-order valence-corrected chi connectivity index (χ0v) is 6.11. The van der Waals surface area contributed by atoms with Gasteiger partial charge >= 0.3 is 0 Å². The van der Waals surface area contributed by atoms with Crippen LogP contribution in [0.15, 0.2) is 12.5 Å². The number of fused-ring (bicyclic) bond motifs is 1. The number of H-pyrrole nitrogens is 1. The monoisotopic (exact) mass is 161 g/mol. The molecule has 2 rings (SSSR count). The number of rotatable bonds is 2. The van der Waals surface area contributed by atoms with Gasteiger partial charge in [-0.25, -0.2) is 15.0 Å². The van der Waals surface area contributed by atoms with Crippen LogP contribution in [0.3, 0.4) is 0 Å². The summed E-state index contributed by atoms with van der Waals surface area (Å²) in [5.74, 6) is 0.460. The Kier molecular flexibility index (Phi) is 1.55. The third-order valence-electron chi connectivity index (χ3n) is 1.45. The van der Waals surface area contributed by atoms with Gasteiger partial charge < -0.3 is 4.98 Å². The molecule has 0 aromatic carbocycles. The Labute approximate surface area is 67.9 Å². The van der Waals surface area contributed by atoms with E-state index >= 15 is 0 Å². The van der Waals surface area contributed by atoms with Crippen LogP contribution >= 0.6 is 0 Å². The summed E-state index contributed by atoms with van der Waals surface area (Å²) in [7, 11) is 0. The lowest BCUT2D eigenvalue weighted by Crippen LogP contribution is -1.95. The molecule has 2 aromatic rings. The van der Waals surface area contributed by atoms with Crippen LogP contribution in [0.2, 0.25) is 0 Å². The van der Waals surface area contributed by atoms with Crippen molar-refractivity contribution >= 4 is 17.5 Å². The van der Waals surface area contributed by atoms with Gasteiger partial charge in [0, 0.05) is 0 Å². The van der Waals surface area contributed by atoms with Gasteiger partial charge in [0.15, 0.2) is 5.65 Å². The number of aromatic amines is 1. The van der Waals surface area contributed by atoms with Crippen LogP contribution in [-0.2, 0) is 11.2 Å². The molecule has 0 aliphatic heterocycles. The summed E-state index contributed by atoms with van der Waals surface area (Å²) in [5, 5.41) is 0. The van der Waals surface area contributed by atoms with Crippen LogP contribution in [0.5, 0.6) is 0 Å².